The molecule has 0 saturated carbocycles. The maximum absolute atomic E-state index is 11.3. The van der Waals surface area contributed by atoms with Crippen molar-refractivity contribution in [3.8, 4) is 0 Å². The molecule has 0 fully saturated rings. The largest absolute Gasteiger partial charge is 0.351 e. The Labute approximate surface area is 83.1 Å². The first-order valence-electron chi connectivity index (χ1n) is 4.67. The van der Waals surface area contributed by atoms with Gasteiger partial charge in [0.25, 0.3) is 0 Å². The van der Waals surface area contributed by atoms with Gasteiger partial charge in [0, 0.05) is 17.8 Å². The Kier molecular flexibility index (Phi) is 3.64. The Balaban J connectivity index is 2.41. The Morgan fingerprint density at radius 2 is 2.50 bits per heavy atom. The van der Waals surface area contributed by atoms with E-state index in [9.17, 15) is 4.79 Å². The summed E-state index contributed by atoms with van der Waals surface area (Å²) >= 11 is 0. The van der Waals surface area contributed by atoms with Crippen LogP contribution < -0.4 is 11.1 Å². The van der Waals surface area contributed by atoms with Gasteiger partial charge in [-0.2, -0.15) is 5.10 Å². The van der Waals surface area contributed by atoms with E-state index in [0.717, 1.165) is 11.3 Å². The van der Waals surface area contributed by atoms with Crippen molar-refractivity contribution in [2.75, 3.05) is 0 Å². The van der Waals surface area contributed by atoms with E-state index in [2.05, 4.69) is 15.5 Å². The van der Waals surface area contributed by atoms with Crippen molar-refractivity contribution in [2.24, 2.45) is 5.73 Å². The third-order valence-electron chi connectivity index (χ3n) is 2.16. The highest BCUT2D eigenvalue weighted by Crippen LogP contribution is 2.01. The molecule has 0 spiro atoms. The summed E-state index contributed by atoms with van der Waals surface area (Å²) in [5, 5.41) is 9.41. The lowest BCUT2D eigenvalue weighted by atomic mass is 10.2. The number of aromatic nitrogens is 2. The van der Waals surface area contributed by atoms with Gasteiger partial charge in [0.15, 0.2) is 0 Å². The summed E-state index contributed by atoms with van der Waals surface area (Å²) in [5.41, 5.74) is 7.51. The van der Waals surface area contributed by atoms with E-state index in [4.69, 9.17) is 5.73 Å². The summed E-state index contributed by atoms with van der Waals surface area (Å²) in [6.07, 6.45) is 2.35. The molecule has 1 atom stereocenters. The first kappa shape index (κ1) is 10.7. The van der Waals surface area contributed by atoms with Gasteiger partial charge in [0.1, 0.15) is 0 Å². The van der Waals surface area contributed by atoms with Crippen LogP contribution in [0, 0.1) is 6.92 Å². The fraction of sp³-hybridized carbons (Fsp3) is 0.556. The monoisotopic (exact) mass is 196 g/mol. The van der Waals surface area contributed by atoms with Crippen LogP contribution in [0.25, 0.3) is 0 Å². The standard InChI is InChI=1S/C9H16N4O/c1-3-8(10)9(14)11-4-7-5-12-13-6(7)2/h5,8H,3-4,10H2,1-2H3,(H,11,14)(H,12,13). The van der Waals surface area contributed by atoms with Crippen molar-refractivity contribution in [3.63, 3.8) is 0 Å². The number of amides is 1. The van der Waals surface area contributed by atoms with Gasteiger partial charge in [0.2, 0.25) is 5.91 Å². The summed E-state index contributed by atoms with van der Waals surface area (Å²) < 4.78 is 0. The highest BCUT2D eigenvalue weighted by atomic mass is 16.2. The minimum Gasteiger partial charge on any atom is -0.351 e. The van der Waals surface area contributed by atoms with E-state index < -0.39 is 6.04 Å². The number of rotatable bonds is 4. The molecule has 4 N–H and O–H groups in total. The predicted molar refractivity (Wildman–Crippen MR) is 53.4 cm³/mol. The number of carbonyl (C=O) groups is 1. The first-order chi connectivity index (χ1) is 6.65. The van der Waals surface area contributed by atoms with Crippen LogP contribution in [0.1, 0.15) is 24.6 Å². The molecule has 1 amide bonds. The molecule has 1 rings (SSSR count). The zero-order valence-electron chi connectivity index (χ0n) is 8.50. The van der Waals surface area contributed by atoms with E-state index in [0.29, 0.717) is 13.0 Å². The molecule has 1 aromatic rings. The van der Waals surface area contributed by atoms with Crippen LogP contribution in [0.3, 0.4) is 0 Å². The number of hydrogen-bond acceptors (Lipinski definition) is 3. The number of nitrogens with zero attached hydrogens (tertiary/aromatic N) is 1. The molecular weight excluding hydrogens is 180 g/mol. The molecule has 0 saturated heterocycles. The average molecular weight is 196 g/mol. The maximum Gasteiger partial charge on any atom is 0.237 e. The van der Waals surface area contributed by atoms with E-state index in [1.807, 2.05) is 13.8 Å². The summed E-state index contributed by atoms with van der Waals surface area (Å²) in [5.74, 6) is -0.117. The minimum atomic E-state index is -0.415. The molecule has 78 valence electrons. The quantitative estimate of drug-likeness (QED) is 0.637. The zero-order valence-corrected chi connectivity index (χ0v) is 8.50. The van der Waals surface area contributed by atoms with E-state index in [1.165, 1.54) is 0 Å². The third kappa shape index (κ3) is 2.56. The fourth-order valence-electron chi connectivity index (χ4n) is 1.05. The van der Waals surface area contributed by atoms with Crippen molar-refractivity contribution in [3.05, 3.63) is 17.5 Å². The molecule has 0 bridgehead atoms. The van der Waals surface area contributed by atoms with Crippen molar-refractivity contribution >= 4 is 5.91 Å². The van der Waals surface area contributed by atoms with E-state index in [1.54, 1.807) is 6.20 Å². The Morgan fingerprint density at radius 1 is 1.79 bits per heavy atom. The zero-order chi connectivity index (χ0) is 10.6. The molecule has 0 aliphatic heterocycles. The smallest absolute Gasteiger partial charge is 0.237 e. The van der Waals surface area contributed by atoms with Gasteiger partial charge >= 0.3 is 0 Å². The number of aromatic amines is 1. The first-order valence-corrected chi connectivity index (χ1v) is 4.67. The van der Waals surface area contributed by atoms with Crippen LogP contribution in [0.2, 0.25) is 0 Å². The Morgan fingerprint density at radius 3 is 3.00 bits per heavy atom. The van der Waals surface area contributed by atoms with Crippen LogP contribution in [-0.2, 0) is 11.3 Å². The minimum absolute atomic E-state index is 0.117. The lowest BCUT2D eigenvalue weighted by Crippen LogP contribution is -2.39. The normalized spacial score (nSPS) is 12.5. The van der Waals surface area contributed by atoms with Crippen LogP contribution in [0.5, 0.6) is 0 Å². The number of nitrogens with two attached hydrogens (primary N) is 1. The van der Waals surface area contributed by atoms with E-state index in [-0.39, 0.29) is 5.91 Å². The number of carbonyl (C=O) groups excluding carboxylic acids is 1. The molecule has 0 aliphatic rings. The van der Waals surface area contributed by atoms with Crippen molar-refractivity contribution in [1.29, 1.82) is 0 Å². The number of hydrogen-bond donors (Lipinski definition) is 3. The molecule has 0 radical (unpaired) electrons. The molecule has 1 unspecified atom stereocenters. The molecular formula is C9H16N4O. The summed E-state index contributed by atoms with van der Waals surface area (Å²) in [6, 6.07) is -0.415. The highest BCUT2D eigenvalue weighted by molar-refractivity contribution is 5.81. The van der Waals surface area contributed by atoms with Crippen LogP contribution >= 0.6 is 0 Å². The van der Waals surface area contributed by atoms with Crippen molar-refractivity contribution in [2.45, 2.75) is 32.9 Å². The molecule has 1 aromatic heterocycles. The van der Waals surface area contributed by atoms with Gasteiger partial charge in [-0.25, -0.2) is 0 Å². The van der Waals surface area contributed by atoms with Crippen LogP contribution in [-0.4, -0.2) is 22.1 Å². The second-order valence-electron chi connectivity index (χ2n) is 3.25. The topological polar surface area (TPSA) is 83.8 Å². The number of aryl methyl sites for hydroxylation is 1. The van der Waals surface area contributed by atoms with Gasteiger partial charge in [-0.3, -0.25) is 9.89 Å². The average Bonchev–Trinajstić information content (AvgIpc) is 2.59. The Hall–Kier alpha value is -1.36. The lowest BCUT2D eigenvalue weighted by Gasteiger charge is -2.09. The highest BCUT2D eigenvalue weighted by Gasteiger charge is 2.10. The molecule has 0 aliphatic carbocycles. The molecule has 0 aromatic carbocycles. The van der Waals surface area contributed by atoms with Crippen molar-refractivity contribution in [1.82, 2.24) is 15.5 Å². The van der Waals surface area contributed by atoms with Crippen LogP contribution in [0.4, 0.5) is 0 Å². The van der Waals surface area contributed by atoms with Gasteiger partial charge in [0.05, 0.1) is 12.2 Å². The predicted octanol–water partition coefficient (Wildman–Crippen LogP) is 0.0716. The van der Waals surface area contributed by atoms with Gasteiger partial charge < -0.3 is 11.1 Å². The van der Waals surface area contributed by atoms with E-state index >= 15 is 0 Å². The van der Waals surface area contributed by atoms with Crippen LogP contribution in [0.15, 0.2) is 6.20 Å². The maximum atomic E-state index is 11.3. The molecule has 5 heteroatoms. The fourth-order valence-corrected chi connectivity index (χ4v) is 1.05. The summed E-state index contributed by atoms with van der Waals surface area (Å²) in [7, 11) is 0. The SMILES string of the molecule is CCC(N)C(=O)NCc1cn[nH]c1C. The van der Waals surface area contributed by atoms with Gasteiger partial charge in [-0.15, -0.1) is 0 Å². The third-order valence-corrected chi connectivity index (χ3v) is 2.16. The molecule has 5 nitrogen and oxygen atoms in total. The van der Waals surface area contributed by atoms with Gasteiger partial charge in [-0.05, 0) is 13.3 Å². The second kappa shape index (κ2) is 4.76. The lowest BCUT2D eigenvalue weighted by molar-refractivity contribution is -0.122. The number of nitrogens with one attached hydrogen (secondary N) is 2. The molecule has 1 heterocycles. The van der Waals surface area contributed by atoms with Gasteiger partial charge in [-0.1, -0.05) is 6.92 Å². The molecule has 14 heavy (non-hydrogen) atoms. The number of H-pyrrole nitrogens is 1. The van der Waals surface area contributed by atoms with Crippen molar-refractivity contribution < 1.29 is 4.79 Å². The summed E-state index contributed by atoms with van der Waals surface area (Å²) in [4.78, 5) is 11.3. The summed E-state index contributed by atoms with van der Waals surface area (Å²) in [6.45, 7) is 4.27. The second-order valence-corrected chi connectivity index (χ2v) is 3.25. The Bertz CT molecular complexity index is 308.